The summed E-state index contributed by atoms with van der Waals surface area (Å²) >= 11 is 0. The van der Waals surface area contributed by atoms with Crippen LogP contribution >= 0.6 is 10.7 Å². The van der Waals surface area contributed by atoms with E-state index in [0.29, 0.717) is 6.07 Å². The van der Waals surface area contributed by atoms with Gasteiger partial charge in [-0.1, -0.05) is 12.1 Å². The van der Waals surface area contributed by atoms with Crippen molar-refractivity contribution in [1.82, 2.24) is 0 Å². The number of hydrogen-bond acceptors (Lipinski definition) is 2. The van der Waals surface area contributed by atoms with Gasteiger partial charge in [0.1, 0.15) is 0 Å². The molecule has 0 aliphatic carbocycles. The molecule has 0 aliphatic rings. The smallest absolute Gasteiger partial charge is 0.232 e. The SMILES string of the molecule is O=S(=O)(Cl)c1cccc(C(F)C(F)(F)F)c1. The molecule has 16 heavy (non-hydrogen) atoms. The fourth-order valence-electron chi connectivity index (χ4n) is 1.01. The zero-order chi connectivity index (χ0) is 12.6. The van der Waals surface area contributed by atoms with Crippen molar-refractivity contribution in [2.75, 3.05) is 0 Å². The Morgan fingerprint density at radius 3 is 2.25 bits per heavy atom. The average molecular weight is 277 g/mol. The Kier molecular flexibility index (Phi) is 3.49. The first-order valence-corrected chi connectivity index (χ1v) is 6.18. The van der Waals surface area contributed by atoms with Gasteiger partial charge < -0.3 is 0 Å². The van der Waals surface area contributed by atoms with Crippen LogP contribution in [0.1, 0.15) is 11.7 Å². The molecule has 0 aliphatic heterocycles. The highest BCUT2D eigenvalue weighted by Crippen LogP contribution is 2.36. The maximum absolute atomic E-state index is 12.8. The second-order valence-electron chi connectivity index (χ2n) is 2.91. The highest BCUT2D eigenvalue weighted by Gasteiger charge is 2.41. The lowest BCUT2D eigenvalue weighted by Gasteiger charge is -2.12. The normalized spacial score (nSPS) is 14.8. The molecule has 0 bridgehead atoms. The van der Waals surface area contributed by atoms with Crippen LogP contribution in [0, 0.1) is 0 Å². The van der Waals surface area contributed by atoms with Gasteiger partial charge in [0.05, 0.1) is 4.90 Å². The minimum atomic E-state index is -5.07. The van der Waals surface area contributed by atoms with Crippen molar-refractivity contribution in [3.63, 3.8) is 0 Å². The van der Waals surface area contributed by atoms with E-state index in [1.807, 2.05) is 0 Å². The molecule has 0 saturated carbocycles. The average Bonchev–Trinajstić information content (AvgIpc) is 2.14. The standard InChI is InChI=1S/C8H5ClF4O2S/c9-16(14,15)6-3-1-2-5(4-6)7(10)8(11,12)13/h1-4,7H. The molecule has 0 heterocycles. The van der Waals surface area contributed by atoms with Gasteiger partial charge in [-0.25, -0.2) is 12.8 Å². The van der Waals surface area contributed by atoms with Gasteiger partial charge in [0.25, 0.3) is 9.05 Å². The van der Waals surface area contributed by atoms with E-state index in [9.17, 15) is 26.0 Å². The summed E-state index contributed by atoms with van der Waals surface area (Å²) in [5.41, 5.74) is -0.797. The molecule has 0 amide bonds. The highest BCUT2D eigenvalue weighted by atomic mass is 35.7. The van der Waals surface area contributed by atoms with Crippen LogP contribution in [0.15, 0.2) is 29.2 Å². The first-order valence-electron chi connectivity index (χ1n) is 3.88. The Morgan fingerprint density at radius 2 is 1.81 bits per heavy atom. The highest BCUT2D eigenvalue weighted by molar-refractivity contribution is 8.13. The third-order valence-corrected chi connectivity index (χ3v) is 3.07. The molecule has 90 valence electrons. The molecule has 1 aromatic rings. The third-order valence-electron chi connectivity index (χ3n) is 1.72. The summed E-state index contributed by atoms with van der Waals surface area (Å²) in [7, 11) is 0.752. The van der Waals surface area contributed by atoms with Crippen LogP contribution in [0.3, 0.4) is 0 Å². The van der Waals surface area contributed by atoms with E-state index in [1.165, 1.54) is 0 Å². The molecule has 1 aromatic carbocycles. The summed E-state index contributed by atoms with van der Waals surface area (Å²) in [4.78, 5) is -0.571. The zero-order valence-corrected chi connectivity index (χ0v) is 9.07. The molecule has 1 atom stereocenters. The van der Waals surface area contributed by atoms with Crippen LogP contribution in [0.2, 0.25) is 0 Å². The Balaban J connectivity index is 3.19. The molecule has 0 radical (unpaired) electrons. The van der Waals surface area contributed by atoms with Gasteiger partial charge in [-0.3, -0.25) is 0 Å². The molecule has 1 unspecified atom stereocenters. The van der Waals surface area contributed by atoms with Crippen molar-refractivity contribution < 1.29 is 26.0 Å². The second-order valence-corrected chi connectivity index (χ2v) is 5.48. The van der Waals surface area contributed by atoms with Crippen molar-refractivity contribution in [2.45, 2.75) is 17.2 Å². The van der Waals surface area contributed by atoms with Gasteiger partial charge in [0, 0.05) is 10.7 Å². The van der Waals surface area contributed by atoms with Crippen LogP contribution in [-0.2, 0) is 9.05 Å². The summed E-state index contributed by atoms with van der Waals surface area (Å²) in [6.45, 7) is 0. The first kappa shape index (κ1) is 13.2. The van der Waals surface area contributed by atoms with Crippen LogP contribution in [0.25, 0.3) is 0 Å². The van der Waals surface area contributed by atoms with Crippen molar-refractivity contribution >= 4 is 19.7 Å². The molecular formula is C8H5ClF4O2S. The maximum Gasteiger partial charge on any atom is 0.423 e. The summed E-state index contributed by atoms with van der Waals surface area (Å²) in [6.07, 6.45) is -8.31. The van der Waals surface area contributed by atoms with Crippen molar-refractivity contribution in [1.29, 1.82) is 0 Å². The van der Waals surface area contributed by atoms with E-state index in [1.54, 1.807) is 0 Å². The van der Waals surface area contributed by atoms with E-state index in [-0.39, 0.29) is 0 Å². The predicted octanol–water partition coefficient (Wildman–Crippen LogP) is 3.19. The second kappa shape index (κ2) is 4.21. The fourth-order valence-corrected chi connectivity index (χ4v) is 1.82. The molecular weight excluding hydrogens is 272 g/mol. The monoisotopic (exact) mass is 276 g/mol. The number of rotatable bonds is 2. The van der Waals surface area contributed by atoms with Crippen LogP contribution < -0.4 is 0 Å². The molecule has 0 saturated heterocycles. The van der Waals surface area contributed by atoms with Crippen molar-refractivity contribution in [2.24, 2.45) is 0 Å². The largest absolute Gasteiger partial charge is 0.423 e. The molecule has 0 aromatic heterocycles. The Labute approximate surface area is 93.3 Å². The number of halogens is 5. The Bertz CT molecular complexity index is 483. The lowest BCUT2D eigenvalue weighted by Crippen LogP contribution is -2.16. The van der Waals surface area contributed by atoms with E-state index < -0.39 is 31.9 Å². The quantitative estimate of drug-likeness (QED) is 0.614. The molecule has 0 N–H and O–H groups in total. The Hall–Kier alpha value is -0.820. The lowest BCUT2D eigenvalue weighted by molar-refractivity contribution is -0.182. The molecule has 0 spiro atoms. The third kappa shape index (κ3) is 3.08. The fraction of sp³-hybridized carbons (Fsp3) is 0.250. The van der Waals surface area contributed by atoms with Gasteiger partial charge >= 0.3 is 6.18 Å². The maximum atomic E-state index is 12.8. The van der Waals surface area contributed by atoms with Crippen molar-refractivity contribution in [3.05, 3.63) is 29.8 Å². The van der Waals surface area contributed by atoms with Gasteiger partial charge in [0.15, 0.2) is 0 Å². The number of hydrogen-bond donors (Lipinski definition) is 0. The summed E-state index contributed by atoms with van der Waals surface area (Å²) < 4.78 is 70.5. The minimum absolute atomic E-state index is 0.556. The van der Waals surface area contributed by atoms with Gasteiger partial charge in [-0.05, 0) is 17.7 Å². The van der Waals surface area contributed by atoms with Gasteiger partial charge in [-0.15, -0.1) is 0 Å². The van der Waals surface area contributed by atoms with Crippen LogP contribution in [0.5, 0.6) is 0 Å². The topological polar surface area (TPSA) is 34.1 Å². The van der Waals surface area contributed by atoms with Gasteiger partial charge in [-0.2, -0.15) is 13.2 Å². The van der Waals surface area contributed by atoms with E-state index in [4.69, 9.17) is 10.7 Å². The molecule has 2 nitrogen and oxygen atoms in total. The minimum Gasteiger partial charge on any atom is -0.232 e. The Morgan fingerprint density at radius 1 is 1.25 bits per heavy atom. The summed E-state index contributed by atoms with van der Waals surface area (Å²) in [5, 5.41) is 0. The van der Waals surface area contributed by atoms with E-state index in [2.05, 4.69) is 0 Å². The van der Waals surface area contributed by atoms with E-state index >= 15 is 0 Å². The summed E-state index contributed by atoms with van der Waals surface area (Å²) in [6, 6.07) is 3.36. The molecule has 1 rings (SSSR count). The zero-order valence-electron chi connectivity index (χ0n) is 7.50. The van der Waals surface area contributed by atoms with E-state index in [0.717, 1.165) is 18.2 Å². The summed E-state index contributed by atoms with van der Waals surface area (Å²) in [5.74, 6) is 0. The first-order chi connectivity index (χ1) is 7.12. The van der Waals surface area contributed by atoms with Crippen LogP contribution in [0.4, 0.5) is 17.6 Å². The predicted molar refractivity (Wildman–Crippen MR) is 49.4 cm³/mol. The number of alkyl halides is 4. The molecule has 0 fully saturated rings. The van der Waals surface area contributed by atoms with Crippen LogP contribution in [-0.4, -0.2) is 14.6 Å². The number of benzene rings is 1. The van der Waals surface area contributed by atoms with Gasteiger partial charge in [0.2, 0.25) is 6.17 Å². The van der Waals surface area contributed by atoms with Crippen molar-refractivity contribution in [3.8, 4) is 0 Å². The molecule has 8 heteroatoms. The lowest BCUT2D eigenvalue weighted by atomic mass is 10.1.